The number of allylic oxidation sites excluding steroid dienone is 1. The average molecular weight is 321 g/mol. The maximum atomic E-state index is 12.1. The molecule has 23 heavy (non-hydrogen) atoms. The number of carbonyl (C=O) groups excluding carboxylic acids is 1. The third-order valence-corrected chi connectivity index (χ3v) is 4.09. The van der Waals surface area contributed by atoms with Gasteiger partial charge in [-0.25, -0.2) is 15.0 Å². The van der Waals surface area contributed by atoms with E-state index in [-0.39, 0.29) is 18.2 Å². The molecule has 0 aromatic carbocycles. The maximum Gasteiger partial charge on any atom is 0.228 e. The van der Waals surface area contributed by atoms with Crippen molar-refractivity contribution in [2.45, 2.75) is 32.0 Å². The first-order valence-corrected chi connectivity index (χ1v) is 7.92. The normalized spacial score (nSPS) is 24.1. The first-order valence-electron chi connectivity index (χ1n) is 7.92. The second-order valence-electron chi connectivity index (χ2n) is 5.84. The Hall–Kier alpha value is -2.13. The number of piperidine rings is 1. The number of hydrogen-bond donors (Lipinski definition) is 3. The van der Waals surface area contributed by atoms with Crippen LogP contribution < -0.4 is 10.6 Å². The molecular formula is C14H23N7O2. The van der Waals surface area contributed by atoms with E-state index in [0.29, 0.717) is 12.5 Å². The van der Waals surface area contributed by atoms with Crippen molar-refractivity contribution >= 4 is 18.0 Å². The van der Waals surface area contributed by atoms with Crippen LogP contribution in [0, 0.1) is 0 Å². The zero-order chi connectivity index (χ0) is 16.2. The molecule has 0 aromatic heterocycles. The number of amidine groups is 1. The van der Waals surface area contributed by atoms with E-state index < -0.39 is 6.29 Å². The number of nitrogens with one attached hydrogen (secondary N) is 2. The van der Waals surface area contributed by atoms with Gasteiger partial charge in [0.25, 0.3) is 0 Å². The Morgan fingerprint density at radius 2 is 2.26 bits per heavy atom. The van der Waals surface area contributed by atoms with Crippen molar-refractivity contribution in [3.8, 4) is 0 Å². The molecule has 3 N–H and O–H groups in total. The molecule has 0 bridgehead atoms. The number of rotatable bonds is 5. The van der Waals surface area contributed by atoms with E-state index in [1.54, 1.807) is 0 Å². The fourth-order valence-electron chi connectivity index (χ4n) is 2.79. The van der Waals surface area contributed by atoms with Crippen molar-refractivity contribution in [3.05, 3.63) is 12.0 Å². The number of aliphatic hydroxyl groups excluding tert-OH is 1. The highest BCUT2D eigenvalue weighted by atomic mass is 16.3. The number of aliphatic imine (C=N–C) groups is 1. The molecule has 1 unspecified atom stereocenters. The molecular weight excluding hydrogens is 298 g/mol. The minimum absolute atomic E-state index is 0.0118. The quantitative estimate of drug-likeness (QED) is 0.605. The highest BCUT2D eigenvalue weighted by molar-refractivity contribution is 6.00. The monoisotopic (exact) mass is 321 g/mol. The van der Waals surface area contributed by atoms with Gasteiger partial charge in [-0.1, -0.05) is 6.42 Å². The lowest BCUT2D eigenvalue weighted by Crippen LogP contribution is -2.48. The minimum atomic E-state index is -0.459. The summed E-state index contributed by atoms with van der Waals surface area (Å²) in [5.41, 5.74) is 0. The van der Waals surface area contributed by atoms with Gasteiger partial charge in [0, 0.05) is 32.4 Å². The Kier molecular flexibility index (Phi) is 4.77. The second kappa shape index (κ2) is 6.97. The summed E-state index contributed by atoms with van der Waals surface area (Å²) in [6.07, 6.45) is 6.32. The lowest BCUT2D eigenvalue weighted by molar-refractivity contribution is -0.122. The number of hydrogen-bond acceptors (Lipinski definition) is 8. The Labute approximate surface area is 135 Å². The average Bonchev–Trinajstić information content (AvgIpc) is 2.97. The molecule has 1 saturated heterocycles. The number of fused-ring (bicyclic) bond motifs is 1. The summed E-state index contributed by atoms with van der Waals surface area (Å²) in [5, 5.41) is 25.4. The van der Waals surface area contributed by atoms with Crippen LogP contribution in [0.4, 0.5) is 0 Å². The predicted molar refractivity (Wildman–Crippen MR) is 86.2 cm³/mol. The van der Waals surface area contributed by atoms with Crippen molar-refractivity contribution in [2.24, 2.45) is 10.1 Å². The number of carbonyl (C=O) groups is 1. The summed E-state index contributed by atoms with van der Waals surface area (Å²) in [5.74, 6) is 0.386. The fourth-order valence-corrected chi connectivity index (χ4v) is 2.79. The molecule has 1 amide bonds. The molecule has 0 aliphatic carbocycles. The van der Waals surface area contributed by atoms with Crippen LogP contribution >= 0.6 is 0 Å². The summed E-state index contributed by atoms with van der Waals surface area (Å²) >= 11 is 0. The van der Waals surface area contributed by atoms with Crippen LogP contribution in [0.2, 0.25) is 0 Å². The van der Waals surface area contributed by atoms with Gasteiger partial charge in [-0.15, -0.1) is 0 Å². The number of aliphatic hydroxyl groups is 1. The molecule has 9 heteroatoms. The molecule has 3 aliphatic rings. The van der Waals surface area contributed by atoms with Crippen LogP contribution in [-0.2, 0) is 4.79 Å². The number of hydrazine groups is 1. The van der Waals surface area contributed by atoms with Crippen LogP contribution in [0.5, 0.6) is 0 Å². The predicted octanol–water partition coefficient (Wildman–Crippen LogP) is -0.231. The lowest BCUT2D eigenvalue weighted by atomic mass is 10.2. The molecule has 126 valence electrons. The largest absolute Gasteiger partial charge is 0.493 e. The van der Waals surface area contributed by atoms with Crippen molar-refractivity contribution < 1.29 is 9.90 Å². The first-order chi connectivity index (χ1) is 11.1. The molecule has 3 rings (SSSR count). The zero-order valence-corrected chi connectivity index (χ0v) is 13.3. The van der Waals surface area contributed by atoms with Gasteiger partial charge < -0.3 is 15.7 Å². The van der Waals surface area contributed by atoms with Crippen LogP contribution in [0.3, 0.4) is 0 Å². The smallest absolute Gasteiger partial charge is 0.228 e. The van der Waals surface area contributed by atoms with Gasteiger partial charge in [0.05, 0.1) is 13.1 Å². The van der Waals surface area contributed by atoms with Crippen molar-refractivity contribution in [1.82, 2.24) is 25.7 Å². The fraction of sp³-hybridized carbons (Fsp3) is 0.643. The van der Waals surface area contributed by atoms with Crippen molar-refractivity contribution in [3.63, 3.8) is 0 Å². The third-order valence-electron chi connectivity index (χ3n) is 4.09. The van der Waals surface area contributed by atoms with E-state index in [2.05, 4.69) is 25.7 Å². The summed E-state index contributed by atoms with van der Waals surface area (Å²) in [6.45, 7) is 2.56. The van der Waals surface area contributed by atoms with Gasteiger partial charge in [0.1, 0.15) is 5.84 Å². The van der Waals surface area contributed by atoms with Crippen LogP contribution in [0.25, 0.3) is 0 Å². The molecule has 1 atom stereocenters. The van der Waals surface area contributed by atoms with Gasteiger partial charge in [-0.2, -0.15) is 10.1 Å². The van der Waals surface area contributed by atoms with E-state index in [0.717, 1.165) is 13.1 Å². The maximum absolute atomic E-state index is 12.1. The standard InChI is InChI=1S/C14H23N7O2/c1-19(20-7-3-2-4-8-20)10-16-12(22)9-11-17-14-15-6-5-13(23)21(14)18-11/h5-6,14,23H,2-4,7-10H2,1H3,(H,16,22)(H,17,18). The first kappa shape index (κ1) is 15.8. The summed E-state index contributed by atoms with van der Waals surface area (Å²) in [6, 6.07) is 0. The molecule has 3 aliphatic heterocycles. The van der Waals surface area contributed by atoms with Crippen LogP contribution in [0.1, 0.15) is 25.7 Å². The van der Waals surface area contributed by atoms with E-state index in [4.69, 9.17) is 0 Å². The van der Waals surface area contributed by atoms with E-state index in [9.17, 15) is 9.90 Å². The Morgan fingerprint density at radius 3 is 3.00 bits per heavy atom. The summed E-state index contributed by atoms with van der Waals surface area (Å²) in [4.78, 5) is 16.2. The highest BCUT2D eigenvalue weighted by Gasteiger charge is 2.29. The SMILES string of the molecule is CN(CNC(=O)CC1=NN2C(O)=CC=NC2N1)N1CCCCC1. The van der Waals surface area contributed by atoms with Gasteiger partial charge in [0.2, 0.25) is 18.1 Å². The van der Waals surface area contributed by atoms with Gasteiger partial charge >= 0.3 is 0 Å². The zero-order valence-electron chi connectivity index (χ0n) is 13.3. The lowest BCUT2D eigenvalue weighted by Gasteiger charge is -2.34. The second-order valence-corrected chi connectivity index (χ2v) is 5.84. The number of nitrogens with zero attached hydrogens (tertiary/aromatic N) is 5. The number of amides is 1. The molecule has 0 aromatic rings. The topological polar surface area (TPSA) is 95.8 Å². The summed E-state index contributed by atoms with van der Waals surface area (Å²) < 4.78 is 0. The third kappa shape index (κ3) is 3.80. The molecule has 3 heterocycles. The molecule has 0 saturated carbocycles. The van der Waals surface area contributed by atoms with Crippen LogP contribution in [-0.4, -0.2) is 71.2 Å². The van der Waals surface area contributed by atoms with Gasteiger partial charge in [-0.05, 0) is 12.8 Å². The Balaban J connectivity index is 1.44. The number of hydrazone groups is 1. The minimum Gasteiger partial charge on any atom is -0.493 e. The van der Waals surface area contributed by atoms with Gasteiger partial charge in [-0.3, -0.25) is 4.79 Å². The molecule has 1 fully saturated rings. The summed E-state index contributed by atoms with van der Waals surface area (Å²) in [7, 11) is 1.98. The van der Waals surface area contributed by atoms with E-state index in [1.807, 2.05) is 12.1 Å². The van der Waals surface area contributed by atoms with Crippen LogP contribution in [0.15, 0.2) is 22.1 Å². The van der Waals surface area contributed by atoms with Gasteiger partial charge in [0.15, 0.2) is 0 Å². The Bertz CT molecular complexity index is 539. The Morgan fingerprint density at radius 1 is 1.48 bits per heavy atom. The van der Waals surface area contributed by atoms with E-state index in [1.165, 1.54) is 36.6 Å². The highest BCUT2D eigenvalue weighted by Crippen LogP contribution is 2.16. The van der Waals surface area contributed by atoms with Crippen molar-refractivity contribution in [1.29, 1.82) is 0 Å². The van der Waals surface area contributed by atoms with Crippen molar-refractivity contribution in [2.75, 3.05) is 26.8 Å². The molecule has 0 spiro atoms. The van der Waals surface area contributed by atoms with E-state index >= 15 is 0 Å². The molecule has 0 radical (unpaired) electrons. The molecule has 9 nitrogen and oxygen atoms in total.